The number of carbonyl (C=O) groups excluding carboxylic acids is 1. The average molecular weight is 462 g/mol. The monoisotopic (exact) mass is 462 g/mol. The lowest BCUT2D eigenvalue weighted by Crippen LogP contribution is -2.38. The first kappa shape index (κ1) is 23.3. The highest BCUT2D eigenvalue weighted by Crippen LogP contribution is 2.27. The molecule has 0 aromatic heterocycles. The van der Waals surface area contributed by atoms with Crippen molar-refractivity contribution in [3.63, 3.8) is 0 Å². The third-order valence-electron chi connectivity index (χ3n) is 5.46. The van der Waals surface area contributed by atoms with Crippen molar-refractivity contribution in [2.75, 3.05) is 12.4 Å². The van der Waals surface area contributed by atoms with Gasteiger partial charge in [-0.2, -0.15) is 4.31 Å². The molecule has 0 aliphatic heterocycles. The molecule has 0 spiro atoms. The minimum atomic E-state index is -3.70. The summed E-state index contributed by atoms with van der Waals surface area (Å²) in [6.07, 6.45) is 4.72. The zero-order chi connectivity index (χ0) is 23.5. The molecule has 0 unspecified atom stereocenters. The second kappa shape index (κ2) is 9.40. The van der Waals surface area contributed by atoms with E-state index < -0.39 is 37.2 Å². The molecule has 1 fully saturated rings. The normalized spacial score (nSPS) is 14.8. The Morgan fingerprint density at radius 1 is 0.969 bits per heavy atom. The molecular formula is C20H22N4O7S. The van der Waals surface area contributed by atoms with E-state index in [2.05, 4.69) is 5.32 Å². The van der Waals surface area contributed by atoms with Crippen LogP contribution in [0.5, 0.6) is 0 Å². The second-order valence-corrected chi connectivity index (χ2v) is 9.54. The van der Waals surface area contributed by atoms with Crippen LogP contribution in [0.1, 0.15) is 42.5 Å². The van der Waals surface area contributed by atoms with Gasteiger partial charge < -0.3 is 5.32 Å². The molecule has 0 heterocycles. The molecule has 1 aliphatic rings. The Morgan fingerprint density at radius 3 is 2.00 bits per heavy atom. The smallest absolute Gasteiger partial charge is 0.277 e. The Balaban J connectivity index is 1.78. The van der Waals surface area contributed by atoms with E-state index in [0.717, 1.165) is 50.3 Å². The summed E-state index contributed by atoms with van der Waals surface area (Å²) in [4.78, 5) is 32.9. The lowest BCUT2D eigenvalue weighted by molar-refractivity contribution is -0.394. The third-order valence-corrected chi connectivity index (χ3v) is 7.39. The van der Waals surface area contributed by atoms with Crippen molar-refractivity contribution in [1.82, 2.24) is 4.31 Å². The Hall–Kier alpha value is -3.38. The maximum Gasteiger partial charge on any atom is 0.277 e. The number of benzene rings is 2. The number of nitro benzene ring substituents is 2. The zero-order valence-corrected chi connectivity index (χ0v) is 18.1. The van der Waals surface area contributed by atoms with Crippen molar-refractivity contribution < 1.29 is 23.1 Å². The SMILES string of the molecule is CN(C1CCCCC1)S(=O)(=O)c1ccc(NC(=O)c2cc([N+](=O)[O-])cc([N+](=O)[O-])c2)cc1. The number of hydrogen-bond donors (Lipinski definition) is 1. The van der Waals surface area contributed by atoms with Crippen molar-refractivity contribution in [2.45, 2.75) is 43.0 Å². The van der Waals surface area contributed by atoms with E-state index in [1.165, 1.54) is 28.6 Å². The summed E-state index contributed by atoms with van der Waals surface area (Å²) in [5.74, 6) is -0.799. The molecule has 2 aromatic rings. The second-order valence-electron chi connectivity index (χ2n) is 7.54. The first-order valence-corrected chi connectivity index (χ1v) is 11.4. The summed E-state index contributed by atoms with van der Waals surface area (Å²) in [6, 6.07) is 8.09. The lowest BCUT2D eigenvalue weighted by Gasteiger charge is -2.30. The lowest BCUT2D eigenvalue weighted by atomic mass is 9.96. The van der Waals surface area contributed by atoms with Crippen LogP contribution in [-0.2, 0) is 10.0 Å². The van der Waals surface area contributed by atoms with Crippen LogP contribution in [-0.4, -0.2) is 41.6 Å². The topological polar surface area (TPSA) is 153 Å². The first-order valence-electron chi connectivity index (χ1n) is 9.93. The van der Waals surface area contributed by atoms with Crippen LogP contribution in [0.2, 0.25) is 0 Å². The van der Waals surface area contributed by atoms with Crippen LogP contribution in [0.4, 0.5) is 17.1 Å². The van der Waals surface area contributed by atoms with Crippen LogP contribution < -0.4 is 5.32 Å². The third kappa shape index (κ3) is 5.08. The van der Waals surface area contributed by atoms with Crippen LogP contribution in [0.15, 0.2) is 47.4 Å². The van der Waals surface area contributed by atoms with E-state index in [-0.39, 0.29) is 22.2 Å². The summed E-state index contributed by atoms with van der Waals surface area (Å²) in [6.45, 7) is 0. The largest absolute Gasteiger partial charge is 0.322 e. The number of sulfonamides is 1. The van der Waals surface area contributed by atoms with E-state index in [1.54, 1.807) is 7.05 Å². The Labute approximate surface area is 184 Å². The number of hydrogen-bond acceptors (Lipinski definition) is 7. The van der Waals surface area contributed by atoms with Gasteiger partial charge in [-0.1, -0.05) is 19.3 Å². The molecule has 0 saturated heterocycles. The highest BCUT2D eigenvalue weighted by Gasteiger charge is 2.29. The standard InChI is InChI=1S/C20H22N4O7S/c1-22(16-5-3-2-4-6-16)32(30,31)19-9-7-15(8-10-19)21-20(25)14-11-17(23(26)27)13-18(12-14)24(28)29/h7-13,16H,2-6H2,1H3,(H,21,25). The number of carbonyl (C=O) groups is 1. The number of amides is 1. The average Bonchev–Trinajstić information content (AvgIpc) is 2.79. The molecule has 1 aliphatic carbocycles. The van der Waals surface area contributed by atoms with Gasteiger partial charge in [0, 0.05) is 30.9 Å². The van der Waals surface area contributed by atoms with E-state index >= 15 is 0 Å². The van der Waals surface area contributed by atoms with Gasteiger partial charge >= 0.3 is 0 Å². The van der Waals surface area contributed by atoms with Gasteiger partial charge in [0.1, 0.15) is 0 Å². The fourth-order valence-corrected chi connectivity index (χ4v) is 5.07. The van der Waals surface area contributed by atoms with Gasteiger partial charge in [0.05, 0.1) is 26.4 Å². The summed E-state index contributed by atoms with van der Waals surface area (Å²) in [7, 11) is -2.13. The van der Waals surface area contributed by atoms with Crippen molar-refractivity contribution >= 4 is 33.0 Å². The molecule has 1 saturated carbocycles. The van der Waals surface area contributed by atoms with Crippen LogP contribution in [0, 0.1) is 20.2 Å². The fourth-order valence-electron chi connectivity index (χ4n) is 3.66. The van der Waals surface area contributed by atoms with Crippen molar-refractivity contribution in [2.24, 2.45) is 0 Å². The van der Waals surface area contributed by atoms with E-state index in [0.29, 0.717) is 0 Å². The van der Waals surface area contributed by atoms with Crippen LogP contribution in [0.3, 0.4) is 0 Å². The number of nitrogens with zero attached hydrogens (tertiary/aromatic N) is 3. The summed E-state index contributed by atoms with van der Waals surface area (Å²) in [5, 5.41) is 24.5. The molecule has 1 N–H and O–H groups in total. The minimum absolute atomic E-state index is 0.0437. The Kier molecular flexibility index (Phi) is 6.84. The molecule has 1 amide bonds. The summed E-state index contributed by atoms with van der Waals surface area (Å²) >= 11 is 0. The number of nitro groups is 2. The number of anilines is 1. The van der Waals surface area contributed by atoms with Gasteiger partial charge in [0.15, 0.2) is 0 Å². The van der Waals surface area contributed by atoms with Crippen LogP contribution in [0.25, 0.3) is 0 Å². The van der Waals surface area contributed by atoms with E-state index in [9.17, 15) is 33.4 Å². The molecule has 170 valence electrons. The van der Waals surface area contributed by atoms with Crippen molar-refractivity contribution in [3.05, 3.63) is 68.3 Å². The fraction of sp³-hybridized carbons (Fsp3) is 0.350. The quantitative estimate of drug-likeness (QED) is 0.486. The molecule has 0 atom stereocenters. The first-order chi connectivity index (χ1) is 15.1. The minimum Gasteiger partial charge on any atom is -0.322 e. The highest BCUT2D eigenvalue weighted by molar-refractivity contribution is 7.89. The number of rotatable bonds is 7. The van der Waals surface area contributed by atoms with Gasteiger partial charge in [-0.3, -0.25) is 25.0 Å². The molecule has 0 bridgehead atoms. The maximum atomic E-state index is 12.9. The maximum absolute atomic E-state index is 12.9. The van der Waals surface area contributed by atoms with Crippen molar-refractivity contribution in [1.29, 1.82) is 0 Å². The van der Waals surface area contributed by atoms with Gasteiger partial charge in [0.25, 0.3) is 17.3 Å². The molecule has 32 heavy (non-hydrogen) atoms. The van der Waals surface area contributed by atoms with E-state index in [4.69, 9.17) is 0 Å². The van der Waals surface area contributed by atoms with Gasteiger partial charge in [0.2, 0.25) is 10.0 Å². The molecular weight excluding hydrogens is 440 g/mol. The molecule has 0 radical (unpaired) electrons. The Bertz CT molecular complexity index is 1110. The molecule has 2 aromatic carbocycles. The zero-order valence-electron chi connectivity index (χ0n) is 17.3. The molecule has 11 nitrogen and oxygen atoms in total. The summed E-state index contributed by atoms with van der Waals surface area (Å²) < 4.78 is 27.2. The predicted octanol–water partition coefficient (Wildman–Crippen LogP) is 3.71. The predicted molar refractivity (Wildman–Crippen MR) is 116 cm³/mol. The highest BCUT2D eigenvalue weighted by atomic mass is 32.2. The summed E-state index contributed by atoms with van der Waals surface area (Å²) in [5.41, 5.74) is -1.20. The van der Waals surface area contributed by atoms with Crippen molar-refractivity contribution in [3.8, 4) is 0 Å². The van der Waals surface area contributed by atoms with Gasteiger partial charge in [-0.25, -0.2) is 8.42 Å². The van der Waals surface area contributed by atoms with E-state index in [1.807, 2.05) is 0 Å². The Morgan fingerprint density at radius 2 is 1.50 bits per heavy atom. The molecule has 3 rings (SSSR count). The number of nitrogens with one attached hydrogen (secondary N) is 1. The number of non-ortho nitro benzene ring substituents is 2. The van der Waals surface area contributed by atoms with Gasteiger partial charge in [-0.05, 0) is 37.1 Å². The van der Waals surface area contributed by atoms with Gasteiger partial charge in [-0.15, -0.1) is 0 Å². The van der Waals surface area contributed by atoms with Crippen LogP contribution >= 0.6 is 0 Å². The molecule has 12 heteroatoms.